The molecule has 17 heavy (non-hydrogen) atoms. The molecular formula is C13H18ClNO2. The molecule has 0 bridgehead atoms. The molecule has 94 valence electrons. The van der Waals surface area contributed by atoms with E-state index < -0.39 is 0 Å². The highest BCUT2D eigenvalue weighted by Crippen LogP contribution is 2.18. The van der Waals surface area contributed by atoms with Gasteiger partial charge >= 0.3 is 0 Å². The molecule has 0 aliphatic heterocycles. The predicted octanol–water partition coefficient (Wildman–Crippen LogP) is 2.89. The Morgan fingerprint density at radius 2 is 2.29 bits per heavy atom. The van der Waals surface area contributed by atoms with Gasteiger partial charge in [0.1, 0.15) is 5.75 Å². The van der Waals surface area contributed by atoms with E-state index >= 15 is 0 Å². The molecule has 1 aromatic carbocycles. The van der Waals surface area contributed by atoms with Crippen LogP contribution >= 0.6 is 11.6 Å². The quantitative estimate of drug-likeness (QED) is 0.794. The second kappa shape index (κ2) is 7.17. The number of carbonyl (C=O) groups excluding carboxylic acids is 1. The summed E-state index contributed by atoms with van der Waals surface area (Å²) < 4.78 is 5.14. The highest BCUT2D eigenvalue weighted by molar-refractivity contribution is 6.17. The first-order valence-electron chi connectivity index (χ1n) is 5.66. The van der Waals surface area contributed by atoms with E-state index in [9.17, 15) is 4.79 Å². The third kappa shape index (κ3) is 4.65. The maximum atomic E-state index is 11.5. The minimum absolute atomic E-state index is 0.0204. The van der Waals surface area contributed by atoms with Crippen molar-refractivity contribution in [3.8, 4) is 5.75 Å². The lowest BCUT2D eigenvalue weighted by molar-refractivity contribution is -0.121. The van der Waals surface area contributed by atoms with Gasteiger partial charge in [-0.1, -0.05) is 12.1 Å². The fourth-order valence-corrected chi connectivity index (χ4v) is 1.67. The summed E-state index contributed by atoms with van der Waals surface area (Å²) in [4.78, 5) is 11.5. The van der Waals surface area contributed by atoms with Gasteiger partial charge in [-0.2, -0.15) is 0 Å². The number of amides is 1. The lowest BCUT2D eigenvalue weighted by Crippen LogP contribution is -2.26. The molecule has 0 heterocycles. The van der Waals surface area contributed by atoms with Gasteiger partial charge in [-0.15, -0.1) is 11.6 Å². The highest BCUT2D eigenvalue weighted by atomic mass is 35.5. The number of rotatable bonds is 6. The van der Waals surface area contributed by atoms with Crippen molar-refractivity contribution >= 4 is 17.5 Å². The van der Waals surface area contributed by atoms with Crippen LogP contribution in [0.4, 0.5) is 0 Å². The maximum Gasteiger partial charge on any atom is 0.220 e. The standard InChI is InChI=1S/C13H18ClNO2/c1-10(15-13(16)7-4-8-14)11-5-3-6-12(9-11)17-2/h3,5-6,9-10H,4,7-8H2,1-2H3,(H,15,16). The summed E-state index contributed by atoms with van der Waals surface area (Å²) in [6.07, 6.45) is 1.18. The van der Waals surface area contributed by atoms with E-state index in [0.29, 0.717) is 18.7 Å². The molecule has 0 aromatic heterocycles. The minimum Gasteiger partial charge on any atom is -0.497 e. The van der Waals surface area contributed by atoms with Crippen LogP contribution in [-0.2, 0) is 4.79 Å². The molecule has 4 heteroatoms. The van der Waals surface area contributed by atoms with Crippen molar-refractivity contribution in [2.45, 2.75) is 25.8 Å². The van der Waals surface area contributed by atoms with Gasteiger partial charge in [0.25, 0.3) is 0 Å². The third-order valence-corrected chi connectivity index (χ3v) is 2.78. The Labute approximate surface area is 107 Å². The van der Waals surface area contributed by atoms with Gasteiger partial charge in [0.15, 0.2) is 0 Å². The van der Waals surface area contributed by atoms with E-state index in [2.05, 4.69) is 5.32 Å². The molecule has 0 aliphatic carbocycles. The third-order valence-electron chi connectivity index (χ3n) is 2.51. The molecule has 1 rings (SSSR count). The van der Waals surface area contributed by atoms with Crippen LogP contribution in [0.5, 0.6) is 5.75 Å². The van der Waals surface area contributed by atoms with E-state index in [1.807, 2.05) is 31.2 Å². The molecule has 1 unspecified atom stereocenters. The van der Waals surface area contributed by atoms with Crippen molar-refractivity contribution in [1.82, 2.24) is 5.32 Å². The van der Waals surface area contributed by atoms with E-state index in [1.165, 1.54) is 0 Å². The second-order valence-electron chi connectivity index (χ2n) is 3.86. The molecule has 1 N–H and O–H groups in total. The average Bonchev–Trinajstić information content (AvgIpc) is 2.36. The van der Waals surface area contributed by atoms with Gasteiger partial charge < -0.3 is 10.1 Å². The summed E-state index contributed by atoms with van der Waals surface area (Å²) >= 11 is 5.54. The van der Waals surface area contributed by atoms with Crippen LogP contribution in [0.2, 0.25) is 0 Å². The van der Waals surface area contributed by atoms with Crippen molar-refractivity contribution in [3.63, 3.8) is 0 Å². The van der Waals surface area contributed by atoms with Crippen molar-refractivity contribution in [1.29, 1.82) is 0 Å². The molecule has 3 nitrogen and oxygen atoms in total. The van der Waals surface area contributed by atoms with Gasteiger partial charge in [-0.25, -0.2) is 0 Å². The number of nitrogens with one attached hydrogen (secondary N) is 1. The summed E-state index contributed by atoms with van der Waals surface area (Å²) in [5.41, 5.74) is 1.03. The van der Waals surface area contributed by atoms with Crippen LogP contribution in [0.1, 0.15) is 31.4 Å². The Hall–Kier alpha value is -1.22. The zero-order valence-electron chi connectivity index (χ0n) is 10.2. The minimum atomic E-state index is -0.0204. The Bertz CT molecular complexity index is 368. The van der Waals surface area contributed by atoms with E-state index in [1.54, 1.807) is 7.11 Å². The molecule has 0 saturated heterocycles. The van der Waals surface area contributed by atoms with Gasteiger partial charge in [0.05, 0.1) is 13.2 Å². The van der Waals surface area contributed by atoms with E-state index in [0.717, 1.165) is 11.3 Å². The molecular weight excluding hydrogens is 238 g/mol. The number of hydrogen-bond donors (Lipinski definition) is 1. The molecule has 0 radical (unpaired) electrons. The number of methoxy groups -OCH3 is 1. The summed E-state index contributed by atoms with van der Waals surface area (Å²) in [5, 5.41) is 2.93. The second-order valence-corrected chi connectivity index (χ2v) is 4.24. The number of hydrogen-bond acceptors (Lipinski definition) is 2. The Morgan fingerprint density at radius 3 is 2.94 bits per heavy atom. The molecule has 0 spiro atoms. The molecule has 0 saturated carbocycles. The smallest absolute Gasteiger partial charge is 0.220 e. The van der Waals surface area contributed by atoms with Crippen LogP contribution < -0.4 is 10.1 Å². The first-order valence-corrected chi connectivity index (χ1v) is 6.20. The predicted molar refractivity (Wildman–Crippen MR) is 69.5 cm³/mol. The first-order chi connectivity index (χ1) is 8.17. The van der Waals surface area contributed by atoms with Crippen molar-refractivity contribution in [3.05, 3.63) is 29.8 Å². The van der Waals surface area contributed by atoms with Crippen LogP contribution in [-0.4, -0.2) is 18.9 Å². The first kappa shape index (κ1) is 13.8. The van der Waals surface area contributed by atoms with Crippen molar-refractivity contribution < 1.29 is 9.53 Å². The van der Waals surface area contributed by atoms with Crippen molar-refractivity contribution in [2.24, 2.45) is 0 Å². The number of ether oxygens (including phenoxy) is 1. The monoisotopic (exact) mass is 255 g/mol. The average molecular weight is 256 g/mol. The zero-order valence-corrected chi connectivity index (χ0v) is 11.0. The largest absolute Gasteiger partial charge is 0.497 e. The summed E-state index contributed by atoms with van der Waals surface area (Å²) in [6, 6.07) is 7.66. The normalized spacial score (nSPS) is 11.9. The number of alkyl halides is 1. The molecule has 1 aromatic rings. The highest BCUT2D eigenvalue weighted by Gasteiger charge is 2.09. The van der Waals surface area contributed by atoms with Gasteiger partial charge in [0.2, 0.25) is 5.91 Å². The molecule has 1 amide bonds. The van der Waals surface area contributed by atoms with E-state index in [-0.39, 0.29) is 11.9 Å². The SMILES string of the molecule is COc1cccc(C(C)NC(=O)CCCCl)c1. The van der Waals surface area contributed by atoms with Crippen LogP contribution in [0, 0.1) is 0 Å². The van der Waals surface area contributed by atoms with Gasteiger partial charge in [-0.3, -0.25) is 4.79 Å². The number of halogens is 1. The van der Waals surface area contributed by atoms with Gasteiger partial charge in [-0.05, 0) is 31.0 Å². The Balaban J connectivity index is 2.56. The topological polar surface area (TPSA) is 38.3 Å². The van der Waals surface area contributed by atoms with Gasteiger partial charge in [0, 0.05) is 12.3 Å². The fraction of sp³-hybridized carbons (Fsp3) is 0.462. The van der Waals surface area contributed by atoms with E-state index in [4.69, 9.17) is 16.3 Å². The summed E-state index contributed by atoms with van der Waals surface area (Å²) in [5.74, 6) is 1.34. The summed E-state index contributed by atoms with van der Waals surface area (Å²) in [6.45, 7) is 1.95. The van der Waals surface area contributed by atoms with Crippen LogP contribution in [0.3, 0.4) is 0 Å². The van der Waals surface area contributed by atoms with Crippen LogP contribution in [0.25, 0.3) is 0 Å². The Morgan fingerprint density at radius 1 is 1.53 bits per heavy atom. The summed E-state index contributed by atoms with van der Waals surface area (Å²) in [7, 11) is 1.63. The Kier molecular flexibility index (Phi) is 5.84. The lowest BCUT2D eigenvalue weighted by atomic mass is 10.1. The van der Waals surface area contributed by atoms with Crippen molar-refractivity contribution in [2.75, 3.05) is 13.0 Å². The molecule has 1 atom stereocenters. The number of carbonyl (C=O) groups is 1. The maximum absolute atomic E-state index is 11.5. The lowest BCUT2D eigenvalue weighted by Gasteiger charge is -2.15. The fourth-order valence-electron chi connectivity index (χ4n) is 1.54. The number of benzene rings is 1. The zero-order chi connectivity index (χ0) is 12.7. The molecule has 0 aliphatic rings. The van der Waals surface area contributed by atoms with Crippen LogP contribution in [0.15, 0.2) is 24.3 Å². The molecule has 0 fully saturated rings.